The molecule has 3 heterocycles. The lowest BCUT2D eigenvalue weighted by Gasteiger charge is -2.27. The Morgan fingerprint density at radius 2 is 2.21 bits per heavy atom. The number of H-pyrrole nitrogens is 1. The highest BCUT2D eigenvalue weighted by Crippen LogP contribution is 2.37. The van der Waals surface area contributed by atoms with Crippen molar-refractivity contribution in [2.75, 3.05) is 6.54 Å². The Hall–Kier alpha value is -1.95. The van der Waals surface area contributed by atoms with Gasteiger partial charge in [0.1, 0.15) is 5.82 Å². The van der Waals surface area contributed by atoms with Gasteiger partial charge in [0, 0.05) is 50.3 Å². The topological polar surface area (TPSA) is 66.8 Å². The number of hydrogen-bond donors (Lipinski definition) is 1. The van der Waals surface area contributed by atoms with Crippen molar-refractivity contribution in [2.24, 2.45) is 0 Å². The summed E-state index contributed by atoms with van der Waals surface area (Å²) in [5.41, 5.74) is 4.26. The molecule has 0 aromatic carbocycles. The Balaban J connectivity index is 1.51. The van der Waals surface area contributed by atoms with Crippen LogP contribution < -0.4 is 5.56 Å². The highest BCUT2D eigenvalue weighted by molar-refractivity contribution is 5.24. The van der Waals surface area contributed by atoms with E-state index >= 15 is 0 Å². The second-order valence-electron chi connectivity index (χ2n) is 7.11. The highest BCUT2D eigenvalue weighted by atomic mass is 16.1. The lowest BCUT2D eigenvalue weighted by atomic mass is 10.1. The largest absolute Gasteiger partial charge is 0.310 e. The number of aromatic amines is 1. The Kier molecular flexibility index (Phi) is 4.00. The first-order valence-corrected chi connectivity index (χ1v) is 9.01. The second kappa shape index (κ2) is 6.16. The van der Waals surface area contributed by atoms with Crippen LogP contribution in [0, 0.1) is 6.92 Å². The first kappa shape index (κ1) is 15.6. The molecule has 2 aromatic heterocycles. The van der Waals surface area contributed by atoms with Gasteiger partial charge in [-0.3, -0.25) is 14.4 Å². The van der Waals surface area contributed by atoms with Crippen LogP contribution in [0.3, 0.4) is 0 Å². The predicted molar refractivity (Wildman–Crippen MR) is 91.9 cm³/mol. The SMILES string of the molecule is CCCn1cc(CN2CCc3nc(C4CC4)[nH]c(=O)c3C2)c(C)n1. The minimum Gasteiger partial charge on any atom is -0.310 e. The smallest absolute Gasteiger partial charge is 0.255 e. The average molecular weight is 327 g/mol. The van der Waals surface area contributed by atoms with E-state index in [0.29, 0.717) is 12.5 Å². The van der Waals surface area contributed by atoms with E-state index in [4.69, 9.17) is 4.98 Å². The molecule has 1 aliphatic carbocycles. The van der Waals surface area contributed by atoms with E-state index in [1.54, 1.807) is 0 Å². The van der Waals surface area contributed by atoms with Gasteiger partial charge < -0.3 is 4.98 Å². The first-order chi connectivity index (χ1) is 11.6. The average Bonchev–Trinajstić information content (AvgIpc) is 3.34. The van der Waals surface area contributed by atoms with E-state index in [1.807, 2.05) is 4.68 Å². The maximum atomic E-state index is 12.4. The molecule has 0 bridgehead atoms. The lowest BCUT2D eigenvalue weighted by Crippen LogP contribution is -2.35. The van der Waals surface area contributed by atoms with Gasteiger partial charge in [-0.05, 0) is 26.2 Å². The van der Waals surface area contributed by atoms with Gasteiger partial charge in [0.2, 0.25) is 0 Å². The fraction of sp³-hybridized carbons (Fsp3) is 0.611. The molecular weight excluding hydrogens is 302 g/mol. The van der Waals surface area contributed by atoms with Crippen LogP contribution in [0.15, 0.2) is 11.0 Å². The van der Waals surface area contributed by atoms with E-state index in [1.165, 1.54) is 5.56 Å². The summed E-state index contributed by atoms with van der Waals surface area (Å²) in [6.07, 6.45) is 6.42. The van der Waals surface area contributed by atoms with Gasteiger partial charge in [-0.1, -0.05) is 6.92 Å². The lowest BCUT2D eigenvalue weighted by molar-refractivity contribution is 0.241. The van der Waals surface area contributed by atoms with Gasteiger partial charge >= 0.3 is 0 Å². The summed E-state index contributed by atoms with van der Waals surface area (Å²) in [5, 5.41) is 4.58. The van der Waals surface area contributed by atoms with E-state index in [2.05, 4.69) is 35.0 Å². The molecular formula is C18H25N5O. The molecule has 1 N–H and O–H groups in total. The van der Waals surface area contributed by atoms with Crippen molar-refractivity contribution in [1.29, 1.82) is 0 Å². The Labute approximate surface area is 141 Å². The van der Waals surface area contributed by atoms with Gasteiger partial charge in [-0.25, -0.2) is 4.98 Å². The molecule has 4 rings (SSSR count). The molecule has 1 saturated carbocycles. The third kappa shape index (κ3) is 3.02. The van der Waals surface area contributed by atoms with Gasteiger partial charge in [-0.2, -0.15) is 5.10 Å². The molecule has 2 aromatic rings. The van der Waals surface area contributed by atoms with Crippen LogP contribution in [0.5, 0.6) is 0 Å². The van der Waals surface area contributed by atoms with E-state index in [0.717, 1.165) is 68.1 Å². The van der Waals surface area contributed by atoms with Gasteiger partial charge in [0.25, 0.3) is 5.56 Å². The summed E-state index contributed by atoms with van der Waals surface area (Å²) in [5.74, 6) is 1.40. The predicted octanol–water partition coefficient (Wildman–Crippen LogP) is 2.12. The third-order valence-corrected chi connectivity index (χ3v) is 5.02. The Morgan fingerprint density at radius 1 is 1.38 bits per heavy atom. The zero-order valence-corrected chi connectivity index (χ0v) is 14.5. The molecule has 6 heteroatoms. The number of fused-ring (bicyclic) bond motifs is 1. The molecule has 1 fully saturated rings. The fourth-order valence-electron chi connectivity index (χ4n) is 3.48. The molecule has 0 spiro atoms. The molecule has 0 saturated heterocycles. The standard InChI is InChI=1S/C18H25N5O/c1-3-7-23-10-14(12(2)21-23)9-22-8-6-16-15(11-22)18(24)20-17(19-16)13-4-5-13/h10,13H,3-9,11H2,1-2H3,(H,19,20,24). The molecule has 1 aliphatic heterocycles. The molecule has 128 valence electrons. The number of nitrogens with zero attached hydrogens (tertiary/aromatic N) is 4. The summed E-state index contributed by atoms with van der Waals surface area (Å²) in [7, 11) is 0. The van der Waals surface area contributed by atoms with Gasteiger partial charge in [0.05, 0.1) is 17.0 Å². The second-order valence-corrected chi connectivity index (χ2v) is 7.11. The number of rotatable bonds is 5. The molecule has 0 radical (unpaired) electrons. The van der Waals surface area contributed by atoms with Crippen LogP contribution in [0.1, 0.15) is 60.4 Å². The van der Waals surface area contributed by atoms with Crippen molar-refractivity contribution in [2.45, 2.75) is 65.1 Å². The summed E-state index contributed by atoms with van der Waals surface area (Å²) in [4.78, 5) is 22.5. The van der Waals surface area contributed by atoms with E-state index in [9.17, 15) is 4.79 Å². The van der Waals surface area contributed by atoms with Crippen LogP contribution in [-0.2, 0) is 26.1 Å². The maximum absolute atomic E-state index is 12.4. The van der Waals surface area contributed by atoms with Crippen molar-refractivity contribution in [3.63, 3.8) is 0 Å². The van der Waals surface area contributed by atoms with Crippen LogP contribution in [0.4, 0.5) is 0 Å². The van der Waals surface area contributed by atoms with E-state index < -0.39 is 0 Å². The van der Waals surface area contributed by atoms with Crippen molar-refractivity contribution >= 4 is 0 Å². The molecule has 2 aliphatic rings. The molecule has 24 heavy (non-hydrogen) atoms. The molecule has 6 nitrogen and oxygen atoms in total. The van der Waals surface area contributed by atoms with Gasteiger partial charge in [-0.15, -0.1) is 0 Å². The van der Waals surface area contributed by atoms with Crippen molar-refractivity contribution in [3.8, 4) is 0 Å². The minimum absolute atomic E-state index is 0.0602. The Bertz CT molecular complexity index is 802. The number of aromatic nitrogens is 4. The summed E-state index contributed by atoms with van der Waals surface area (Å²) < 4.78 is 2.03. The monoisotopic (exact) mass is 327 g/mol. The zero-order chi connectivity index (χ0) is 16.7. The third-order valence-electron chi connectivity index (χ3n) is 5.02. The van der Waals surface area contributed by atoms with Gasteiger partial charge in [0.15, 0.2) is 0 Å². The summed E-state index contributed by atoms with van der Waals surface area (Å²) in [6.45, 7) is 7.66. The minimum atomic E-state index is 0.0602. The number of hydrogen-bond acceptors (Lipinski definition) is 4. The molecule has 0 unspecified atom stereocenters. The normalized spacial score (nSPS) is 17.9. The number of aryl methyl sites for hydroxylation is 2. The maximum Gasteiger partial charge on any atom is 0.255 e. The van der Waals surface area contributed by atoms with Crippen molar-refractivity contribution < 1.29 is 0 Å². The quantitative estimate of drug-likeness (QED) is 0.913. The molecule has 0 amide bonds. The zero-order valence-electron chi connectivity index (χ0n) is 14.5. The number of nitrogens with one attached hydrogen (secondary N) is 1. The molecule has 0 atom stereocenters. The van der Waals surface area contributed by atoms with Crippen molar-refractivity contribution in [3.05, 3.63) is 44.9 Å². The van der Waals surface area contributed by atoms with Crippen LogP contribution in [-0.4, -0.2) is 31.2 Å². The Morgan fingerprint density at radius 3 is 2.96 bits per heavy atom. The summed E-state index contributed by atoms with van der Waals surface area (Å²) in [6, 6.07) is 0. The summed E-state index contributed by atoms with van der Waals surface area (Å²) >= 11 is 0. The van der Waals surface area contributed by atoms with Crippen LogP contribution in [0.25, 0.3) is 0 Å². The van der Waals surface area contributed by atoms with Crippen LogP contribution >= 0.6 is 0 Å². The van der Waals surface area contributed by atoms with Crippen molar-refractivity contribution in [1.82, 2.24) is 24.6 Å². The van der Waals surface area contributed by atoms with E-state index in [-0.39, 0.29) is 5.56 Å². The first-order valence-electron chi connectivity index (χ1n) is 9.01. The fourth-order valence-corrected chi connectivity index (χ4v) is 3.48. The van der Waals surface area contributed by atoms with Crippen LogP contribution in [0.2, 0.25) is 0 Å². The highest BCUT2D eigenvalue weighted by Gasteiger charge is 2.29.